The Hall–Kier alpha value is -1.58. The first-order valence-electron chi connectivity index (χ1n) is 5.23. The minimum atomic E-state index is -0.324. The fourth-order valence-electron chi connectivity index (χ4n) is 1.43. The van der Waals surface area contributed by atoms with Crippen LogP contribution in [0.25, 0.3) is 0 Å². The van der Waals surface area contributed by atoms with Crippen LogP contribution >= 0.6 is 11.6 Å². The van der Waals surface area contributed by atoms with Crippen molar-refractivity contribution in [3.8, 4) is 0 Å². The molecule has 4 heteroatoms. The zero-order valence-corrected chi connectivity index (χ0v) is 9.84. The maximum atomic E-state index is 12.8. The second kappa shape index (κ2) is 5.66. The van der Waals surface area contributed by atoms with E-state index in [9.17, 15) is 4.39 Å². The summed E-state index contributed by atoms with van der Waals surface area (Å²) in [6.45, 7) is 0.522. The van der Waals surface area contributed by atoms with Gasteiger partial charge >= 0.3 is 0 Å². The molecule has 0 amide bonds. The molecule has 2 N–H and O–H groups in total. The number of para-hydroxylation sites is 1. The van der Waals surface area contributed by atoms with Crippen LogP contribution in [0.4, 0.5) is 10.1 Å². The summed E-state index contributed by atoms with van der Waals surface area (Å²) >= 11 is 5.90. The second-order valence-corrected chi connectivity index (χ2v) is 3.99. The third-order valence-corrected chi connectivity index (χ3v) is 2.65. The smallest absolute Gasteiger partial charge is 0.124 e. The predicted molar refractivity (Wildman–Crippen MR) is 68.3 cm³/mol. The molecule has 0 atom stereocenters. The Bertz CT molecular complexity index is 488. The second-order valence-electron chi connectivity index (χ2n) is 3.58. The standard InChI is InChI=1S/C13H12ClFN2/c14-13-8-11(15)7-6-10(13)9-16-17-12-4-2-1-3-5-12/h1-8,16-17H,9H2. The van der Waals surface area contributed by atoms with E-state index in [0.717, 1.165) is 11.3 Å². The van der Waals surface area contributed by atoms with Crippen molar-refractivity contribution >= 4 is 17.3 Å². The fraction of sp³-hybridized carbons (Fsp3) is 0.0769. The number of hydrogen-bond donors (Lipinski definition) is 2. The number of hydrazine groups is 1. The van der Waals surface area contributed by atoms with Crippen LogP contribution in [0, 0.1) is 5.82 Å². The molecule has 2 aromatic rings. The molecule has 2 nitrogen and oxygen atoms in total. The van der Waals surface area contributed by atoms with Crippen molar-refractivity contribution < 1.29 is 4.39 Å². The van der Waals surface area contributed by atoms with Gasteiger partial charge in [0.2, 0.25) is 0 Å². The van der Waals surface area contributed by atoms with Crippen LogP contribution in [0.1, 0.15) is 5.56 Å². The SMILES string of the molecule is Fc1ccc(CNNc2ccccc2)c(Cl)c1. The highest BCUT2D eigenvalue weighted by molar-refractivity contribution is 6.31. The molecular weight excluding hydrogens is 239 g/mol. The van der Waals surface area contributed by atoms with Crippen LogP contribution in [0.15, 0.2) is 48.5 Å². The van der Waals surface area contributed by atoms with Crippen LogP contribution < -0.4 is 10.9 Å². The molecule has 0 heterocycles. The molecule has 0 aliphatic heterocycles. The number of anilines is 1. The van der Waals surface area contributed by atoms with Gasteiger partial charge in [0.15, 0.2) is 0 Å². The molecule has 0 saturated heterocycles. The molecule has 0 spiro atoms. The van der Waals surface area contributed by atoms with E-state index in [-0.39, 0.29) is 5.82 Å². The third kappa shape index (κ3) is 3.44. The van der Waals surface area contributed by atoms with Gasteiger partial charge in [0.25, 0.3) is 0 Å². The topological polar surface area (TPSA) is 24.1 Å². The van der Waals surface area contributed by atoms with E-state index in [0.29, 0.717) is 11.6 Å². The predicted octanol–water partition coefficient (Wildman–Crippen LogP) is 3.60. The number of hydrogen-bond acceptors (Lipinski definition) is 2. The molecular formula is C13H12ClFN2. The van der Waals surface area contributed by atoms with E-state index in [1.54, 1.807) is 6.07 Å². The van der Waals surface area contributed by atoms with Gasteiger partial charge in [0.05, 0.1) is 0 Å². The summed E-state index contributed by atoms with van der Waals surface area (Å²) in [6, 6.07) is 14.1. The van der Waals surface area contributed by atoms with Crippen molar-refractivity contribution in [1.82, 2.24) is 5.43 Å². The van der Waals surface area contributed by atoms with E-state index in [2.05, 4.69) is 10.9 Å². The Morgan fingerprint density at radius 3 is 2.53 bits per heavy atom. The summed E-state index contributed by atoms with van der Waals surface area (Å²) in [6.07, 6.45) is 0. The molecule has 0 saturated carbocycles. The minimum absolute atomic E-state index is 0.324. The van der Waals surface area contributed by atoms with Crippen molar-refractivity contribution in [2.45, 2.75) is 6.54 Å². The van der Waals surface area contributed by atoms with Crippen molar-refractivity contribution in [3.63, 3.8) is 0 Å². The lowest BCUT2D eigenvalue weighted by Gasteiger charge is -2.09. The average molecular weight is 251 g/mol. The molecule has 0 unspecified atom stereocenters. The van der Waals surface area contributed by atoms with E-state index >= 15 is 0 Å². The largest absolute Gasteiger partial charge is 0.321 e. The molecule has 0 radical (unpaired) electrons. The van der Waals surface area contributed by atoms with Gasteiger partial charge in [0.1, 0.15) is 5.82 Å². The molecule has 0 aromatic heterocycles. The highest BCUT2D eigenvalue weighted by atomic mass is 35.5. The van der Waals surface area contributed by atoms with Crippen LogP contribution in [0.5, 0.6) is 0 Å². The van der Waals surface area contributed by atoms with E-state index in [4.69, 9.17) is 11.6 Å². The molecule has 17 heavy (non-hydrogen) atoms. The summed E-state index contributed by atoms with van der Waals surface area (Å²) in [5, 5.41) is 0.423. The van der Waals surface area contributed by atoms with E-state index in [1.165, 1.54) is 12.1 Å². The number of rotatable bonds is 4. The Morgan fingerprint density at radius 2 is 1.82 bits per heavy atom. The average Bonchev–Trinajstić information content (AvgIpc) is 2.33. The van der Waals surface area contributed by atoms with Gasteiger partial charge in [-0.25, -0.2) is 9.82 Å². The van der Waals surface area contributed by atoms with E-state index in [1.807, 2.05) is 30.3 Å². The minimum Gasteiger partial charge on any atom is -0.321 e. The van der Waals surface area contributed by atoms with Crippen LogP contribution in [0.3, 0.4) is 0 Å². The monoisotopic (exact) mass is 250 g/mol. The Kier molecular flexibility index (Phi) is 3.96. The lowest BCUT2D eigenvalue weighted by molar-refractivity contribution is 0.626. The highest BCUT2D eigenvalue weighted by Gasteiger charge is 2.01. The van der Waals surface area contributed by atoms with Gasteiger partial charge in [-0.2, -0.15) is 0 Å². The molecule has 0 fully saturated rings. The zero-order valence-electron chi connectivity index (χ0n) is 9.08. The Balaban J connectivity index is 1.90. The first-order chi connectivity index (χ1) is 8.25. The molecule has 0 aliphatic rings. The Morgan fingerprint density at radius 1 is 1.06 bits per heavy atom. The summed E-state index contributed by atoms with van der Waals surface area (Å²) in [7, 11) is 0. The van der Waals surface area contributed by atoms with Crippen molar-refractivity contribution in [1.29, 1.82) is 0 Å². The van der Waals surface area contributed by atoms with Crippen LogP contribution in [-0.2, 0) is 6.54 Å². The first-order valence-corrected chi connectivity index (χ1v) is 5.61. The van der Waals surface area contributed by atoms with Gasteiger partial charge in [-0.15, -0.1) is 0 Å². The van der Waals surface area contributed by atoms with Crippen LogP contribution in [-0.4, -0.2) is 0 Å². The lowest BCUT2D eigenvalue weighted by atomic mass is 10.2. The zero-order chi connectivity index (χ0) is 12.1. The third-order valence-electron chi connectivity index (χ3n) is 2.30. The van der Waals surface area contributed by atoms with Gasteiger partial charge in [-0.3, -0.25) is 0 Å². The normalized spacial score (nSPS) is 10.2. The maximum Gasteiger partial charge on any atom is 0.124 e. The van der Waals surface area contributed by atoms with E-state index < -0.39 is 0 Å². The Labute approximate surface area is 104 Å². The molecule has 88 valence electrons. The number of nitrogens with one attached hydrogen (secondary N) is 2. The van der Waals surface area contributed by atoms with Crippen LogP contribution in [0.2, 0.25) is 5.02 Å². The maximum absolute atomic E-state index is 12.8. The van der Waals surface area contributed by atoms with Gasteiger partial charge in [-0.1, -0.05) is 35.9 Å². The fourth-order valence-corrected chi connectivity index (χ4v) is 1.66. The molecule has 0 bridgehead atoms. The first kappa shape index (κ1) is 11.9. The van der Waals surface area contributed by atoms with Crippen molar-refractivity contribution in [2.75, 3.05) is 5.43 Å². The van der Waals surface area contributed by atoms with Gasteiger partial charge in [0, 0.05) is 17.3 Å². The summed E-state index contributed by atoms with van der Waals surface area (Å²) in [5.41, 5.74) is 7.86. The number of halogens is 2. The lowest BCUT2D eigenvalue weighted by Crippen LogP contribution is -2.20. The van der Waals surface area contributed by atoms with Gasteiger partial charge < -0.3 is 5.43 Å². The quantitative estimate of drug-likeness (QED) is 0.811. The highest BCUT2D eigenvalue weighted by Crippen LogP contribution is 2.16. The van der Waals surface area contributed by atoms with Gasteiger partial charge in [-0.05, 0) is 29.8 Å². The molecule has 2 rings (SSSR count). The summed E-state index contributed by atoms with van der Waals surface area (Å²) in [5.74, 6) is -0.324. The van der Waals surface area contributed by atoms with Crippen molar-refractivity contribution in [2.24, 2.45) is 0 Å². The summed E-state index contributed by atoms with van der Waals surface area (Å²) < 4.78 is 12.8. The van der Waals surface area contributed by atoms with Crippen molar-refractivity contribution in [3.05, 3.63) is 64.9 Å². The molecule has 2 aromatic carbocycles. The molecule has 0 aliphatic carbocycles. The summed E-state index contributed by atoms with van der Waals surface area (Å²) in [4.78, 5) is 0. The number of benzene rings is 2.